The van der Waals surface area contributed by atoms with E-state index >= 15 is 0 Å². The van der Waals surface area contributed by atoms with Gasteiger partial charge in [-0.3, -0.25) is 5.41 Å². The van der Waals surface area contributed by atoms with Crippen molar-refractivity contribution in [3.63, 3.8) is 0 Å². The van der Waals surface area contributed by atoms with Gasteiger partial charge in [0, 0.05) is 0 Å². The van der Waals surface area contributed by atoms with Crippen LogP contribution in [0.2, 0.25) is 0 Å². The molecule has 0 aromatic carbocycles. The zero-order chi connectivity index (χ0) is 9.07. The fourth-order valence-electron chi connectivity index (χ4n) is 0.241. The van der Waals surface area contributed by atoms with Gasteiger partial charge in [-0.25, -0.2) is 13.1 Å². The Bertz CT molecular complexity index is 237. The molecule has 4 N–H and O–H groups in total. The van der Waals surface area contributed by atoms with Gasteiger partial charge in [0.1, 0.15) is 5.84 Å². The van der Waals surface area contributed by atoms with E-state index in [4.69, 9.17) is 11.1 Å². The van der Waals surface area contributed by atoms with E-state index in [2.05, 4.69) is 0 Å². The molecule has 0 aromatic heterocycles. The first-order valence-corrected chi connectivity index (χ1v) is 4.00. The molecule has 0 unspecified atom stereocenters. The predicted octanol–water partition coefficient (Wildman–Crippen LogP) is -0.936. The standard InChI is InChI=1S/C3H7F2N3O2S/c4-3(5)11(9,10)8-1-2(6)7/h3,8H,1H2,(H3,6,7). The van der Waals surface area contributed by atoms with E-state index in [-0.39, 0.29) is 0 Å². The van der Waals surface area contributed by atoms with Crippen LogP contribution in [0.25, 0.3) is 0 Å². The van der Waals surface area contributed by atoms with Crippen LogP contribution in [0.5, 0.6) is 0 Å². The number of alkyl halides is 2. The molecule has 0 spiro atoms. The summed E-state index contributed by atoms with van der Waals surface area (Å²) in [6.07, 6.45) is 0. The number of halogens is 2. The number of hydrogen-bond donors (Lipinski definition) is 3. The van der Waals surface area contributed by atoms with Gasteiger partial charge in [-0.15, -0.1) is 0 Å². The van der Waals surface area contributed by atoms with E-state index < -0.39 is 28.2 Å². The van der Waals surface area contributed by atoms with Crippen LogP contribution in [0, 0.1) is 5.41 Å². The molecule has 0 rings (SSSR count). The second-order valence-electron chi connectivity index (χ2n) is 1.65. The van der Waals surface area contributed by atoms with Gasteiger partial charge < -0.3 is 5.73 Å². The lowest BCUT2D eigenvalue weighted by Crippen LogP contribution is -2.36. The summed E-state index contributed by atoms with van der Waals surface area (Å²) in [4.78, 5) is 0. The van der Waals surface area contributed by atoms with Crippen molar-refractivity contribution in [3.8, 4) is 0 Å². The maximum absolute atomic E-state index is 11.5. The van der Waals surface area contributed by atoms with Crippen molar-refractivity contribution in [1.82, 2.24) is 4.72 Å². The number of hydrogen-bond acceptors (Lipinski definition) is 3. The van der Waals surface area contributed by atoms with Crippen molar-refractivity contribution >= 4 is 15.9 Å². The van der Waals surface area contributed by atoms with Gasteiger partial charge in [0.15, 0.2) is 0 Å². The fourth-order valence-corrected chi connectivity index (χ4v) is 0.724. The molecule has 0 bridgehead atoms. The maximum atomic E-state index is 11.5. The number of nitrogens with one attached hydrogen (secondary N) is 2. The van der Waals surface area contributed by atoms with Crippen molar-refractivity contribution in [3.05, 3.63) is 0 Å². The Balaban J connectivity index is 4.05. The summed E-state index contributed by atoms with van der Waals surface area (Å²) in [6.45, 7) is -0.591. The Hall–Kier alpha value is -0.760. The van der Waals surface area contributed by atoms with Crippen LogP contribution >= 0.6 is 0 Å². The molecule has 0 heterocycles. The summed E-state index contributed by atoms with van der Waals surface area (Å²) in [6, 6.07) is 0. The Labute approximate surface area is 62.1 Å². The van der Waals surface area contributed by atoms with Crippen molar-refractivity contribution < 1.29 is 17.2 Å². The molecule has 0 aliphatic rings. The van der Waals surface area contributed by atoms with Crippen LogP contribution in [-0.2, 0) is 10.0 Å². The van der Waals surface area contributed by atoms with Gasteiger partial charge in [0.2, 0.25) is 0 Å². The number of sulfonamides is 1. The molecule has 0 atom stereocenters. The summed E-state index contributed by atoms with van der Waals surface area (Å²) in [5.74, 6) is -4.00. The molecule has 0 aromatic rings. The van der Waals surface area contributed by atoms with Crippen LogP contribution in [-0.4, -0.2) is 26.6 Å². The lowest BCUT2D eigenvalue weighted by molar-refractivity contribution is 0.233. The van der Waals surface area contributed by atoms with Crippen LogP contribution in [0.15, 0.2) is 0 Å². The average molecular weight is 187 g/mol. The van der Waals surface area contributed by atoms with Crippen LogP contribution < -0.4 is 10.5 Å². The van der Waals surface area contributed by atoms with Gasteiger partial charge in [-0.05, 0) is 0 Å². The van der Waals surface area contributed by atoms with Gasteiger partial charge in [-0.2, -0.15) is 8.78 Å². The molecule has 0 aliphatic carbocycles. The molecule has 5 nitrogen and oxygen atoms in total. The average Bonchev–Trinajstić information content (AvgIpc) is 1.84. The summed E-state index contributed by atoms with van der Waals surface area (Å²) in [5.41, 5.74) is 4.71. The Kier molecular flexibility index (Phi) is 3.33. The van der Waals surface area contributed by atoms with Gasteiger partial charge in [0.05, 0.1) is 6.54 Å². The summed E-state index contributed by atoms with van der Waals surface area (Å²) in [5, 5.41) is 6.52. The van der Waals surface area contributed by atoms with Gasteiger partial charge >= 0.3 is 5.76 Å². The summed E-state index contributed by atoms with van der Waals surface area (Å²) in [7, 11) is -4.60. The Morgan fingerprint density at radius 3 is 2.36 bits per heavy atom. The van der Waals surface area contributed by atoms with Crippen LogP contribution in [0.4, 0.5) is 8.78 Å². The lowest BCUT2D eigenvalue weighted by Gasteiger charge is -2.02. The largest absolute Gasteiger partial charge is 0.387 e. The molecule has 0 amide bonds. The molecule has 0 aliphatic heterocycles. The van der Waals surface area contributed by atoms with Crippen molar-refractivity contribution in [2.75, 3.05) is 6.54 Å². The van der Waals surface area contributed by atoms with E-state index in [1.807, 2.05) is 0 Å². The molecule has 11 heavy (non-hydrogen) atoms. The first-order valence-electron chi connectivity index (χ1n) is 2.46. The summed E-state index contributed by atoms with van der Waals surface area (Å²) < 4.78 is 44.9. The zero-order valence-corrected chi connectivity index (χ0v) is 6.16. The topological polar surface area (TPSA) is 96.0 Å². The lowest BCUT2D eigenvalue weighted by atomic mass is 10.6. The normalized spacial score (nSPS) is 11.9. The number of amidine groups is 1. The van der Waals surface area contributed by atoms with E-state index in [1.165, 1.54) is 4.72 Å². The third-order valence-electron chi connectivity index (χ3n) is 0.698. The molecule has 0 saturated carbocycles. The second kappa shape index (κ2) is 3.58. The third kappa shape index (κ3) is 3.83. The van der Waals surface area contributed by atoms with E-state index in [1.54, 1.807) is 0 Å². The molecule has 8 heteroatoms. The van der Waals surface area contributed by atoms with E-state index in [0.29, 0.717) is 0 Å². The summed E-state index contributed by atoms with van der Waals surface area (Å²) >= 11 is 0. The maximum Gasteiger partial charge on any atom is 0.350 e. The minimum absolute atomic E-state index is 0.519. The number of nitrogens with two attached hydrogens (primary N) is 1. The zero-order valence-electron chi connectivity index (χ0n) is 5.34. The molecule has 0 saturated heterocycles. The minimum Gasteiger partial charge on any atom is -0.387 e. The molecule has 0 radical (unpaired) electrons. The highest BCUT2D eigenvalue weighted by Crippen LogP contribution is 2.00. The highest BCUT2D eigenvalue weighted by Gasteiger charge is 2.22. The third-order valence-corrected chi connectivity index (χ3v) is 1.71. The molecular weight excluding hydrogens is 180 g/mol. The quantitative estimate of drug-likeness (QED) is 0.391. The minimum atomic E-state index is -4.60. The first-order chi connectivity index (χ1) is 4.86. The SMILES string of the molecule is N=C(N)CNS(=O)(=O)C(F)F. The molecule has 0 fully saturated rings. The molecular formula is C3H7F2N3O2S. The molecule has 66 valence electrons. The monoisotopic (exact) mass is 187 g/mol. The smallest absolute Gasteiger partial charge is 0.350 e. The van der Waals surface area contributed by atoms with Crippen LogP contribution in [0.3, 0.4) is 0 Å². The number of rotatable bonds is 4. The van der Waals surface area contributed by atoms with E-state index in [0.717, 1.165) is 0 Å². The highest BCUT2D eigenvalue weighted by molar-refractivity contribution is 7.89. The Morgan fingerprint density at radius 2 is 2.09 bits per heavy atom. The second-order valence-corrected chi connectivity index (χ2v) is 3.39. The van der Waals surface area contributed by atoms with Crippen molar-refractivity contribution in [2.45, 2.75) is 5.76 Å². The van der Waals surface area contributed by atoms with Gasteiger partial charge in [0.25, 0.3) is 10.0 Å². The van der Waals surface area contributed by atoms with Crippen molar-refractivity contribution in [2.24, 2.45) is 5.73 Å². The first kappa shape index (κ1) is 10.2. The van der Waals surface area contributed by atoms with Crippen LogP contribution in [0.1, 0.15) is 0 Å². The Morgan fingerprint density at radius 1 is 1.64 bits per heavy atom. The fraction of sp³-hybridized carbons (Fsp3) is 0.667. The predicted molar refractivity (Wildman–Crippen MR) is 34.8 cm³/mol. The van der Waals surface area contributed by atoms with Crippen molar-refractivity contribution in [1.29, 1.82) is 5.41 Å². The highest BCUT2D eigenvalue weighted by atomic mass is 32.2. The van der Waals surface area contributed by atoms with Gasteiger partial charge in [-0.1, -0.05) is 0 Å². The van der Waals surface area contributed by atoms with E-state index in [9.17, 15) is 17.2 Å².